The van der Waals surface area contributed by atoms with Gasteiger partial charge in [0.05, 0.1) is 0 Å². The lowest BCUT2D eigenvalue weighted by Gasteiger charge is -2.08. The number of hydrogen-bond acceptors (Lipinski definition) is 3. The van der Waals surface area contributed by atoms with Crippen molar-refractivity contribution >= 4 is 0 Å². The predicted molar refractivity (Wildman–Crippen MR) is 44.6 cm³/mol. The summed E-state index contributed by atoms with van der Waals surface area (Å²) in [6.45, 7) is 1.49. The molecule has 10 heavy (non-hydrogen) atoms. The van der Waals surface area contributed by atoms with Gasteiger partial charge >= 0.3 is 0 Å². The standard InChI is InChI=1S/C7H19N3/c8-5-1-3-7(10)4-2-6-9/h7H,1-6,8-10H2. The molecule has 0 aromatic heterocycles. The summed E-state index contributed by atoms with van der Waals surface area (Å²) in [5, 5.41) is 0. The third-order valence-electron chi connectivity index (χ3n) is 1.56. The van der Waals surface area contributed by atoms with Crippen LogP contribution in [0.2, 0.25) is 0 Å². The van der Waals surface area contributed by atoms with Crippen LogP contribution >= 0.6 is 0 Å². The van der Waals surface area contributed by atoms with Gasteiger partial charge < -0.3 is 17.2 Å². The molecule has 0 unspecified atom stereocenters. The van der Waals surface area contributed by atoms with E-state index in [4.69, 9.17) is 17.2 Å². The molecule has 0 aromatic rings. The van der Waals surface area contributed by atoms with Gasteiger partial charge in [-0.25, -0.2) is 0 Å². The van der Waals surface area contributed by atoms with Crippen LogP contribution in [0.1, 0.15) is 25.7 Å². The monoisotopic (exact) mass is 145 g/mol. The van der Waals surface area contributed by atoms with Crippen molar-refractivity contribution in [2.75, 3.05) is 13.1 Å². The third-order valence-corrected chi connectivity index (χ3v) is 1.56. The maximum Gasteiger partial charge on any atom is 0.00397 e. The smallest absolute Gasteiger partial charge is 0.00397 e. The lowest BCUT2D eigenvalue weighted by Crippen LogP contribution is -2.22. The molecule has 0 saturated heterocycles. The summed E-state index contributed by atoms with van der Waals surface area (Å²) >= 11 is 0. The maximum absolute atomic E-state index is 5.73. The predicted octanol–water partition coefficient (Wildman–Crippen LogP) is -0.208. The second-order valence-electron chi connectivity index (χ2n) is 2.62. The molecule has 0 rings (SSSR count). The summed E-state index contributed by atoms with van der Waals surface area (Å²) < 4.78 is 0. The van der Waals surface area contributed by atoms with Gasteiger partial charge in [-0.15, -0.1) is 0 Å². The molecule has 62 valence electrons. The van der Waals surface area contributed by atoms with Gasteiger partial charge in [0.15, 0.2) is 0 Å². The van der Waals surface area contributed by atoms with E-state index in [1.165, 1.54) is 0 Å². The SMILES string of the molecule is NCCCC(N)CCCN. The van der Waals surface area contributed by atoms with E-state index in [-0.39, 0.29) is 0 Å². The summed E-state index contributed by atoms with van der Waals surface area (Å²) in [6, 6.07) is 0.312. The van der Waals surface area contributed by atoms with Crippen molar-refractivity contribution in [2.24, 2.45) is 17.2 Å². The third kappa shape index (κ3) is 6.01. The van der Waals surface area contributed by atoms with Gasteiger partial charge in [0.2, 0.25) is 0 Å². The Kier molecular flexibility index (Phi) is 6.91. The molecular weight excluding hydrogens is 126 g/mol. The minimum Gasteiger partial charge on any atom is -0.330 e. The summed E-state index contributed by atoms with van der Waals surface area (Å²) in [4.78, 5) is 0. The van der Waals surface area contributed by atoms with Crippen molar-refractivity contribution in [3.63, 3.8) is 0 Å². The van der Waals surface area contributed by atoms with Crippen molar-refractivity contribution in [2.45, 2.75) is 31.7 Å². The van der Waals surface area contributed by atoms with Gasteiger partial charge in [-0.3, -0.25) is 0 Å². The number of rotatable bonds is 6. The molecule has 0 bridgehead atoms. The molecule has 0 aliphatic carbocycles. The van der Waals surface area contributed by atoms with Crippen LogP contribution in [0, 0.1) is 0 Å². The molecule has 6 N–H and O–H groups in total. The molecule has 0 amide bonds. The Morgan fingerprint density at radius 3 is 1.60 bits per heavy atom. The molecular formula is C7H19N3. The maximum atomic E-state index is 5.73. The minimum atomic E-state index is 0.312. The van der Waals surface area contributed by atoms with E-state index < -0.39 is 0 Å². The molecule has 0 heterocycles. The molecule has 0 saturated carbocycles. The highest BCUT2D eigenvalue weighted by Crippen LogP contribution is 1.99. The fraction of sp³-hybridized carbons (Fsp3) is 1.00. The van der Waals surface area contributed by atoms with E-state index in [2.05, 4.69) is 0 Å². The lowest BCUT2D eigenvalue weighted by molar-refractivity contribution is 0.534. The Labute approximate surface area is 62.9 Å². The molecule has 0 spiro atoms. The van der Waals surface area contributed by atoms with Crippen LogP contribution in [0.25, 0.3) is 0 Å². The van der Waals surface area contributed by atoms with E-state index in [9.17, 15) is 0 Å². The zero-order valence-corrected chi connectivity index (χ0v) is 6.55. The first-order valence-corrected chi connectivity index (χ1v) is 3.97. The average Bonchev–Trinajstić information content (AvgIpc) is 1.97. The highest BCUT2D eigenvalue weighted by molar-refractivity contribution is 4.61. The normalized spacial score (nSPS) is 10.8. The topological polar surface area (TPSA) is 78.1 Å². The molecule has 3 heteroatoms. The van der Waals surface area contributed by atoms with Crippen molar-refractivity contribution in [3.05, 3.63) is 0 Å². The molecule has 0 radical (unpaired) electrons. The highest BCUT2D eigenvalue weighted by atomic mass is 14.6. The molecule has 0 aliphatic rings. The van der Waals surface area contributed by atoms with Crippen LogP contribution in [-0.2, 0) is 0 Å². The van der Waals surface area contributed by atoms with Crippen molar-refractivity contribution in [3.8, 4) is 0 Å². The van der Waals surface area contributed by atoms with Gasteiger partial charge in [-0.2, -0.15) is 0 Å². The van der Waals surface area contributed by atoms with E-state index in [0.717, 1.165) is 38.8 Å². The summed E-state index contributed by atoms with van der Waals surface area (Å²) in [6.07, 6.45) is 4.14. The van der Waals surface area contributed by atoms with Crippen LogP contribution in [0.4, 0.5) is 0 Å². The van der Waals surface area contributed by atoms with Crippen molar-refractivity contribution in [1.82, 2.24) is 0 Å². The van der Waals surface area contributed by atoms with Gasteiger partial charge in [0.25, 0.3) is 0 Å². The Morgan fingerprint density at radius 1 is 0.900 bits per heavy atom. The van der Waals surface area contributed by atoms with Crippen LogP contribution in [0.15, 0.2) is 0 Å². The molecule has 0 atom stereocenters. The Balaban J connectivity index is 3.00. The minimum absolute atomic E-state index is 0.312. The molecule has 0 fully saturated rings. The van der Waals surface area contributed by atoms with E-state index in [0.29, 0.717) is 6.04 Å². The van der Waals surface area contributed by atoms with Gasteiger partial charge in [0.1, 0.15) is 0 Å². The van der Waals surface area contributed by atoms with Gasteiger partial charge in [0, 0.05) is 6.04 Å². The zero-order chi connectivity index (χ0) is 7.82. The molecule has 0 aliphatic heterocycles. The van der Waals surface area contributed by atoms with Crippen molar-refractivity contribution < 1.29 is 0 Å². The van der Waals surface area contributed by atoms with Crippen LogP contribution in [0.3, 0.4) is 0 Å². The first kappa shape index (κ1) is 9.88. The van der Waals surface area contributed by atoms with Crippen LogP contribution in [0.5, 0.6) is 0 Å². The zero-order valence-electron chi connectivity index (χ0n) is 6.55. The lowest BCUT2D eigenvalue weighted by atomic mass is 10.1. The second kappa shape index (κ2) is 6.99. The summed E-state index contributed by atoms with van der Waals surface area (Å²) in [5.41, 5.74) is 16.4. The highest BCUT2D eigenvalue weighted by Gasteiger charge is 1.99. The van der Waals surface area contributed by atoms with Gasteiger partial charge in [-0.1, -0.05) is 0 Å². The quantitative estimate of drug-likeness (QED) is 0.484. The Bertz CT molecular complexity index is 57.9. The number of hydrogen-bond donors (Lipinski definition) is 3. The second-order valence-corrected chi connectivity index (χ2v) is 2.62. The molecule has 0 aromatic carbocycles. The average molecular weight is 145 g/mol. The first-order valence-electron chi connectivity index (χ1n) is 3.97. The number of nitrogens with two attached hydrogens (primary N) is 3. The summed E-state index contributed by atoms with van der Waals surface area (Å²) in [5.74, 6) is 0. The Hall–Kier alpha value is -0.120. The van der Waals surface area contributed by atoms with E-state index in [1.807, 2.05) is 0 Å². The fourth-order valence-corrected chi connectivity index (χ4v) is 0.904. The summed E-state index contributed by atoms with van der Waals surface area (Å²) in [7, 11) is 0. The largest absolute Gasteiger partial charge is 0.330 e. The van der Waals surface area contributed by atoms with Crippen LogP contribution in [-0.4, -0.2) is 19.1 Å². The van der Waals surface area contributed by atoms with Crippen LogP contribution < -0.4 is 17.2 Å². The fourth-order valence-electron chi connectivity index (χ4n) is 0.904. The molecule has 3 nitrogen and oxygen atoms in total. The van der Waals surface area contributed by atoms with E-state index >= 15 is 0 Å². The first-order chi connectivity index (χ1) is 4.81. The Morgan fingerprint density at radius 2 is 1.30 bits per heavy atom. The van der Waals surface area contributed by atoms with Gasteiger partial charge in [-0.05, 0) is 38.8 Å². The van der Waals surface area contributed by atoms with Crippen molar-refractivity contribution in [1.29, 1.82) is 0 Å². The van der Waals surface area contributed by atoms with E-state index in [1.54, 1.807) is 0 Å².